The number of esters is 1. The molecule has 1 aliphatic heterocycles. The van der Waals surface area contributed by atoms with Gasteiger partial charge in [-0.05, 0) is 30.3 Å². The van der Waals surface area contributed by atoms with Gasteiger partial charge in [-0.25, -0.2) is 17.5 Å². The summed E-state index contributed by atoms with van der Waals surface area (Å²) in [6, 6.07) is 10.4. The third-order valence-electron chi connectivity index (χ3n) is 4.21. The van der Waals surface area contributed by atoms with Crippen molar-refractivity contribution in [2.24, 2.45) is 0 Å². The molecule has 0 aliphatic carbocycles. The Morgan fingerprint density at radius 1 is 1.07 bits per heavy atom. The van der Waals surface area contributed by atoms with Gasteiger partial charge < -0.3 is 19.5 Å². The van der Waals surface area contributed by atoms with Gasteiger partial charge >= 0.3 is 5.97 Å². The Morgan fingerprint density at radius 2 is 1.80 bits per heavy atom. The molecule has 2 aromatic rings. The summed E-state index contributed by atoms with van der Waals surface area (Å²) in [5, 5.41) is 2.62. The molecule has 2 aromatic carbocycles. The lowest BCUT2D eigenvalue weighted by molar-refractivity contribution is -0.119. The number of anilines is 1. The van der Waals surface area contributed by atoms with Gasteiger partial charge in [-0.1, -0.05) is 6.07 Å². The molecule has 0 spiro atoms. The van der Waals surface area contributed by atoms with Gasteiger partial charge in [-0.2, -0.15) is 0 Å². The van der Waals surface area contributed by atoms with Crippen molar-refractivity contribution in [2.45, 2.75) is 11.3 Å². The van der Waals surface area contributed by atoms with E-state index in [1.54, 1.807) is 18.2 Å². The largest absolute Gasteiger partial charge is 0.490 e. The molecule has 0 radical (unpaired) electrons. The topological polar surface area (TPSA) is 111 Å². The van der Waals surface area contributed by atoms with Crippen molar-refractivity contribution in [1.29, 1.82) is 0 Å². The maximum Gasteiger partial charge on any atom is 0.338 e. The van der Waals surface area contributed by atoms with Crippen LogP contribution < -0.4 is 14.8 Å². The Labute approximate surface area is 174 Å². The van der Waals surface area contributed by atoms with E-state index in [2.05, 4.69) is 5.32 Å². The third-order valence-corrected chi connectivity index (χ3v) is 6.03. The fourth-order valence-electron chi connectivity index (χ4n) is 2.65. The van der Waals surface area contributed by atoms with Gasteiger partial charge in [0.2, 0.25) is 10.0 Å². The van der Waals surface area contributed by atoms with Crippen LogP contribution in [0.5, 0.6) is 11.5 Å². The maximum atomic E-state index is 12.2. The number of amides is 1. The summed E-state index contributed by atoms with van der Waals surface area (Å²) in [5.74, 6) is -0.222. The second kappa shape index (κ2) is 9.14. The lowest BCUT2D eigenvalue weighted by Crippen LogP contribution is -2.23. The van der Waals surface area contributed by atoms with E-state index >= 15 is 0 Å². The molecule has 1 aliphatic rings. The van der Waals surface area contributed by atoms with E-state index in [0.717, 1.165) is 10.7 Å². The number of sulfonamides is 1. The third kappa shape index (κ3) is 5.08. The van der Waals surface area contributed by atoms with E-state index in [9.17, 15) is 18.0 Å². The Morgan fingerprint density at radius 3 is 2.53 bits per heavy atom. The fourth-order valence-corrected chi connectivity index (χ4v) is 3.59. The number of ether oxygens (including phenoxy) is 3. The zero-order valence-electron chi connectivity index (χ0n) is 16.6. The second-order valence-electron chi connectivity index (χ2n) is 6.65. The molecule has 10 heteroatoms. The number of rotatable bonds is 6. The number of nitrogens with zero attached hydrogens (tertiary/aromatic N) is 1. The van der Waals surface area contributed by atoms with Crippen LogP contribution in [0, 0.1) is 0 Å². The summed E-state index contributed by atoms with van der Waals surface area (Å²) in [7, 11) is -0.905. The van der Waals surface area contributed by atoms with Gasteiger partial charge in [0.05, 0.1) is 23.7 Å². The monoisotopic (exact) mass is 434 g/mol. The van der Waals surface area contributed by atoms with Crippen LogP contribution in [0.1, 0.15) is 16.8 Å². The molecule has 0 aromatic heterocycles. The van der Waals surface area contributed by atoms with Gasteiger partial charge in [0.15, 0.2) is 18.1 Å². The zero-order chi connectivity index (χ0) is 21.7. The highest BCUT2D eigenvalue weighted by molar-refractivity contribution is 7.89. The minimum atomic E-state index is -3.69. The molecular weight excluding hydrogens is 412 g/mol. The van der Waals surface area contributed by atoms with E-state index in [0.29, 0.717) is 30.4 Å². The Bertz CT molecular complexity index is 1050. The van der Waals surface area contributed by atoms with Gasteiger partial charge in [0.25, 0.3) is 5.91 Å². The first-order valence-electron chi connectivity index (χ1n) is 9.16. The lowest BCUT2D eigenvalue weighted by Gasteiger charge is -2.12. The predicted molar refractivity (Wildman–Crippen MR) is 108 cm³/mol. The van der Waals surface area contributed by atoms with Gasteiger partial charge in [0, 0.05) is 32.3 Å². The molecule has 1 amide bonds. The SMILES string of the molecule is CN(C)S(=O)(=O)c1cccc(C(=O)OCC(=O)Nc2ccc3c(c2)OCCCO3)c1. The number of carbonyl (C=O) groups excluding carboxylic acids is 2. The van der Waals surface area contributed by atoms with Crippen molar-refractivity contribution < 1.29 is 32.2 Å². The smallest absolute Gasteiger partial charge is 0.338 e. The van der Waals surface area contributed by atoms with Crippen molar-refractivity contribution in [3.8, 4) is 11.5 Å². The molecule has 0 fully saturated rings. The van der Waals surface area contributed by atoms with Gasteiger partial charge in [0.1, 0.15) is 0 Å². The first-order chi connectivity index (χ1) is 14.3. The van der Waals surface area contributed by atoms with E-state index in [4.69, 9.17) is 14.2 Å². The van der Waals surface area contributed by atoms with Crippen molar-refractivity contribution >= 4 is 27.6 Å². The zero-order valence-corrected chi connectivity index (χ0v) is 17.4. The summed E-state index contributed by atoms with van der Waals surface area (Å²) in [6.07, 6.45) is 0.767. The molecule has 0 saturated heterocycles. The van der Waals surface area contributed by atoms with Crippen LogP contribution in [-0.2, 0) is 19.6 Å². The quantitative estimate of drug-likeness (QED) is 0.691. The molecule has 9 nitrogen and oxygen atoms in total. The van der Waals surface area contributed by atoms with Crippen LogP contribution >= 0.6 is 0 Å². The average Bonchev–Trinajstić information content (AvgIpc) is 2.97. The molecular formula is C20H22N2O7S. The van der Waals surface area contributed by atoms with Crippen LogP contribution in [0.15, 0.2) is 47.4 Å². The van der Waals surface area contributed by atoms with Crippen LogP contribution in [0.2, 0.25) is 0 Å². The fraction of sp³-hybridized carbons (Fsp3) is 0.300. The van der Waals surface area contributed by atoms with Crippen molar-refractivity contribution in [3.63, 3.8) is 0 Å². The maximum absolute atomic E-state index is 12.2. The number of hydrogen-bond donors (Lipinski definition) is 1. The highest BCUT2D eigenvalue weighted by Gasteiger charge is 2.20. The predicted octanol–water partition coefficient (Wildman–Crippen LogP) is 1.89. The molecule has 0 unspecified atom stereocenters. The molecule has 1 heterocycles. The minimum absolute atomic E-state index is 0.0290. The summed E-state index contributed by atoms with van der Waals surface area (Å²) >= 11 is 0. The molecule has 160 valence electrons. The average molecular weight is 434 g/mol. The van der Waals surface area contributed by atoms with Gasteiger partial charge in [-0.15, -0.1) is 0 Å². The van der Waals surface area contributed by atoms with E-state index in [-0.39, 0.29) is 10.5 Å². The van der Waals surface area contributed by atoms with Crippen LogP contribution in [-0.4, -0.2) is 58.5 Å². The van der Waals surface area contributed by atoms with Gasteiger partial charge in [-0.3, -0.25) is 4.79 Å². The normalized spacial score (nSPS) is 13.4. The summed E-state index contributed by atoms with van der Waals surface area (Å²) < 4.78 is 41.5. The summed E-state index contributed by atoms with van der Waals surface area (Å²) in [4.78, 5) is 24.3. The number of hydrogen-bond acceptors (Lipinski definition) is 7. The van der Waals surface area contributed by atoms with Crippen molar-refractivity contribution in [2.75, 3.05) is 39.2 Å². The number of carbonyl (C=O) groups is 2. The number of nitrogens with one attached hydrogen (secondary N) is 1. The Kier molecular flexibility index (Phi) is 6.58. The Balaban J connectivity index is 1.60. The standard InChI is InChI=1S/C20H22N2O7S/c1-22(2)30(25,26)16-6-3-5-14(11-16)20(24)29-13-19(23)21-15-7-8-17-18(12-15)28-10-4-9-27-17/h3,5-8,11-12H,4,9-10,13H2,1-2H3,(H,21,23). The van der Waals surface area contributed by atoms with Crippen LogP contribution in [0.3, 0.4) is 0 Å². The van der Waals surface area contributed by atoms with Crippen molar-refractivity contribution in [3.05, 3.63) is 48.0 Å². The summed E-state index contributed by atoms with van der Waals surface area (Å²) in [5.41, 5.74) is 0.501. The molecule has 3 rings (SSSR count). The van der Waals surface area contributed by atoms with Crippen LogP contribution in [0.25, 0.3) is 0 Å². The molecule has 0 atom stereocenters. The second-order valence-corrected chi connectivity index (χ2v) is 8.80. The van der Waals surface area contributed by atoms with E-state index in [1.165, 1.54) is 38.4 Å². The molecule has 1 N–H and O–H groups in total. The molecule has 0 bridgehead atoms. The lowest BCUT2D eigenvalue weighted by atomic mass is 10.2. The van der Waals surface area contributed by atoms with Crippen molar-refractivity contribution in [1.82, 2.24) is 4.31 Å². The van der Waals surface area contributed by atoms with Crippen LogP contribution in [0.4, 0.5) is 5.69 Å². The Hall–Kier alpha value is -3.11. The van der Waals surface area contributed by atoms with E-state index < -0.39 is 28.5 Å². The highest BCUT2D eigenvalue weighted by Crippen LogP contribution is 2.32. The summed E-state index contributed by atoms with van der Waals surface area (Å²) in [6.45, 7) is 0.550. The first-order valence-corrected chi connectivity index (χ1v) is 10.6. The molecule has 30 heavy (non-hydrogen) atoms. The first kappa shape index (κ1) is 21.6. The molecule has 0 saturated carbocycles. The number of fused-ring (bicyclic) bond motifs is 1. The highest BCUT2D eigenvalue weighted by atomic mass is 32.2. The van der Waals surface area contributed by atoms with E-state index in [1.807, 2.05) is 0 Å². The minimum Gasteiger partial charge on any atom is -0.490 e. The number of benzene rings is 2.